The van der Waals surface area contributed by atoms with E-state index in [-0.39, 0.29) is 0 Å². The van der Waals surface area contributed by atoms with Crippen molar-refractivity contribution in [3.63, 3.8) is 0 Å². The van der Waals surface area contributed by atoms with E-state index in [0.717, 1.165) is 30.2 Å². The highest BCUT2D eigenvalue weighted by atomic mass is 35.5. The van der Waals surface area contributed by atoms with Gasteiger partial charge in [-0.05, 0) is 31.2 Å². The number of hydrogen-bond acceptors (Lipinski definition) is 3. The second kappa shape index (κ2) is 6.32. The number of thiazole rings is 1. The van der Waals surface area contributed by atoms with E-state index in [4.69, 9.17) is 11.6 Å². The van der Waals surface area contributed by atoms with Crippen molar-refractivity contribution in [2.75, 3.05) is 7.05 Å². The van der Waals surface area contributed by atoms with E-state index >= 15 is 0 Å². The summed E-state index contributed by atoms with van der Waals surface area (Å²) < 4.78 is 0. The summed E-state index contributed by atoms with van der Waals surface area (Å²) in [4.78, 5) is 6.83. The standard InChI is InChI=1S/C14H17ClN2S/c1-3-14-16-13(10-18-14)9-17(2)8-11-5-4-6-12(15)7-11/h4-7,10H,3,8-9H2,1-2H3. The third kappa shape index (κ3) is 3.80. The number of nitrogens with zero attached hydrogens (tertiary/aromatic N) is 2. The first kappa shape index (κ1) is 13.5. The molecule has 96 valence electrons. The molecule has 0 fully saturated rings. The van der Waals surface area contributed by atoms with Gasteiger partial charge in [0.2, 0.25) is 0 Å². The van der Waals surface area contributed by atoms with Crippen molar-refractivity contribution in [2.45, 2.75) is 26.4 Å². The van der Waals surface area contributed by atoms with Crippen molar-refractivity contribution >= 4 is 22.9 Å². The molecule has 2 aromatic rings. The molecule has 0 aliphatic rings. The summed E-state index contributed by atoms with van der Waals surface area (Å²) in [7, 11) is 2.10. The molecule has 1 aromatic heterocycles. The number of halogens is 1. The smallest absolute Gasteiger partial charge is 0.0926 e. The van der Waals surface area contributed by atoms with Gasteiger partial charge < -0.3 is 0 Å². The predicted molar refractivity (Wildman–Crippen MR) is 78.1 cm³/mol. The fourth-order valence-electron chi connectivity index (χ4n) is 1.86. The zero-order valence-electron chi connectivity index (χ0n) is 10.7. The van der Waals surface area contributed by atoms with E-state index in [2.05, 4.69) is 35.3 Å². The lowest BCUT2D eigenvalue weighted by Crippen LogP contribution is -2.17. The highest BCUT2D eigenvalue weighted by Gasteiger charge is 2.05. The normalized spacial score (nSPS) is 11.1. The molecular weight excluding hydrogens is 264 g/mol. The van der Waals surface area contributed by atoms with Crippen molar-refractivity contribution in [3.05, 3.63) is 50.9 Å². The lowest BCUT2D eigenvalue weighted by Gasteiger charge is -2.15. The first-order valence-corrected chi connectivity index (χ1v) is 7.29. The van der Waals surface area contributed by atoms with E-state index in [1.807, 2.05) is 18.2 Å². The lowest BCUT2D eigenvalue weighted by molar-refractivity contribution is 0.315. The third-order valence-electron chi connectivity index (χ3n) is 2.68. The van der Waals surface area contributed by atoms with Crippen LogP contribution in [0.3, 0.4) is 0 Å². The molecule has 2 rings (SSSR count). The van der Waals surface area contributed by atoms with Crippen LogP contribution >= 0.6 is 22.9 Å². The Morgan fingerprint density at radius 1 is 1.33 bits per heavy atom. The minimum atomic E-state index is 0.794. The van der Waals surface area contributed by atoms with Gasteiger partial charge in [-0.3, -0.25) is 4.90 Å². The average Bonchev–Trinajstić information content (AvgIpc) is 2.76. The van der Waals surface area contributed by atoms with Gasteiger partial charge >= 0.3 is 0 Å². The van der Waals surface area contributed by atoms with Gasteiger partial charge in [0.25, 0.3) is 0 Å². The molecule has 0 bridgehead atoms. The van der Waals surface area contributed by atoms with E-state index in [1.165, 1.54) is 10.6 Å². The maximum atomic E-state index is 5.98. The number of aryl methyl sites for hydroxylation is 1. The van der Waals surface area contributed by atoms with Crippen LogP contribution in [0.5, 0.6) is 0 Å². The number of hydrogen-bond donors (Lipinski definition) is 0. The van der Waals surface area contributed by atoms with Crippen molar-refractivity contribution in [3.8, 4) is 0 Å². The Balaban J connectivity index is 1.94. The number of rotatable bonds is 5. The quantitative estimate of drug-likeness (QED) is 0.823. The van der Waals surface area contributed by atoms with Crippen molar-refractivity contribution in [1.29, 1.82) is 0 Å². The summed E-state index contributed by atoms with van der Waals surface area (Å²) >= 11 is 7.72. The summed E-state index contributed by atoms with van der Waals surface area (Å²) in [6.45, 7) is 3.90. The Hall–Kier alpha value is -0.900. The summed E-state index contributed by atoms with van der Waals surface area (Å²) in [5.41, 5.74) is 2.39. The second-order valence-electron chi connectivity index (χ2n) is 4.39. The molecule has 0 aliphatic carbocycles. The fourth-order valence-corrected chi connectivity index (χ4v) is 2.81. The van der Waals surface area contributed by atoms with Crippen molar-refractivity contribution in [2.24, 2.45) is 0 Å². The Labute approximate surface area is 117 Å². The van der Waals surface area contributed by atoms with Crippen LogP contribution in [-0.2, 0) is 19.5 Å². The van der Waals surface area contributed by atoms with Gasteiger partial charge in [0.15, 0.2) is 0 Å². The first-order valence-electron chi connectivity index (χ1n) is 6.03. The SMILES string of the molecule is CCc1nc(CN(C)Cc2cccc(Cl)c2)cs1. The van der Waals surface area contributed by atoms with Crippen LogP contribution in [0.4, 0.5) is 0 Å². The Kier molecular flexibility index (Phi) is 4.75. The maximum Gasteiger partial charge on any atom is 0.0926 e. The molecule has 0 amide bonds. The topological polar surface area (TPSA) is 16.1 Å². The molecular formula is C14H17ClN2S. The van der Waals surface area contributed by atoms with Crippen molar-refractivity contribution < 1.29 is 0 Å². The van der Waals surface area contributed by atoms with Crippen LogP contribution in [0.25, 0.3) is 0 Å². The molecule has 0 spiro atoms. The van der Waals surface area contributed by atoms with Crippen LogP contribution in [0.2, 0.25) is 5.02 Å². The van der Waals surface area contributed by atoms with E-state index < -0.39 is 0 Å². The van der Waals surface area contributed by atoms with Crippen LogP contribution in [-0.4, -0.2) is 16.9 Å². The minimum Gasteiger partial charge on any atom is -0.296 e. The summed E-state index contributed by atoms with van der Waals surface area (Å²) in [5, 5.41) is 4.15. The number of aromatic nitrogens is 1. The lowest BCUT2D eigenvalue weighted by atomic mass is 10.2. The highest BCUT2D eigenvalue weighted by Crippen LogP contribution is 2.15. The minimum absolute atomic E-state index is 0.794. The Morgan fingerprint density at radius 3 is 2.83 bits per heavy atom. The molecule has 0 saturated heterocycles. The highest BCUT2D eigenvalue weighted by molar-refractivity contribution is 7.09. The molecule has 0 aliphatic heterocycles. The summed E-state index contributed by atoms with van der Waals surface area (Å²) in [5.74, 6) is 0. The number of benzene rings is 1. The Morgan fingerprint density at radius 2 is 2.17 bits per heavy atom. The molecule has 0 atom stereocenters. The molecule has 4 heteroatoms. The molecule has 0 N–H and O–H groups in total. The largest absolute Gasteiger partial charge is 0.296 e. The maximum absolute atomic E-state index is 5.98. The second-order valence-corrected chi connectivity index (χ2v) is 5.77. The zero-order valence-corrected chi connectivity index (χ0v) is 12.3. The van der Waals surface area contributed by atoms with E-state index in [0.29, 0.717) is 0 Å². The molecule has 18 heavy (non-hydrogen) atoms. The van der Waals surface area contributed by atoms with E-state index in [9.17, 15) is 0 Å². The van der Waals surface area contributed by atoms with Crippen molar-refractivity contribution in [1.82, 2.24) is 9.88 Å². The summed E-state index contributed by atoms with van der Waals surface area (Å²) in [6.07, 6.45) is 1.02. The average molecular weight is 281 g/mol. The van der Waals surface area contributed by atoms with Gasteiger partial charge in [0, 0.05) is 23.5 Å². The molecule has 0 radical (unpaired) electrons. The van der Waals surface area contributed by atoms with Gasteiger partial charge in [-0.15, -0.1) is 11.3 Å². The van der Waals surface area contributed by atoms with Gasteiger partial charge in [-0.25, -0.2) is 4.98 Å². The van der Waals surface area contributed by atoms with E-state index in [1.54, 1.807) is 11.3 Å². The fraction of sp³-hybridized carbons (Fsp3) is 0.357. The van der Waals surface area contributed by atoms with Gasteiger partial charge in [-0.1, -0.05) is 30.7 Å². The molecule has 1 aromatic carbocycles. The molecule has 0 unspecified atom stereocenters. The van der Waals surface area contributed by atoms with Gasteiger partial charge in [0.05, 0.1) is 10.7 Å². The zero-order chi connectivity index (χ0) is 13.0. The van der Waals surface area contributed by atoms with Gasteiger partial charge in [0.1, 0.15) is 0 Å². The monoisotopic (exact) mass is 280 g/mol. The Bertz CT molecular complexity index is 510. The predicted octanol–water partition coefficient (Wildman–Crippen LogP) is 3.99. The molecule has 1 heterocycles. The molecule has 0 saturated carbocycles. The first-order chi connectivity index (χ1) is 8.67. The third-order valence-corrected chi connectivity index (χ3v) is 3.95. The van der Waals surface area contributed by atoms with Gasteiger partial charge in [-0.2, -0.15) is 0 Å². The van der Waals surface area contributed by atoms with Crippen LogP contribution in [0, 0.1) is 0 Å². The van der Waals surface area contributed by atoms with Crippen LogP contribution < -0.4 is 0 Å². The summed E-state index contributed by atoms with van der Waals surface area (Å²) in [6, 6.07) is 8.00. The molecule has 2 nitrogen and oxygen atoms in total. The van der Waals surface area contributed by atoms with Crippen LogP contribution in [0.15, 0.2) is 29.6 Å². The van der Waals surface area contributed by atoms with Crippen LogP contribution in [0.1, 0.15) is 23.2 Å².